The quantitative estimate of drug-likeness (QED) is 0.635. The van der Waals surface area contributed by atoms with Gasteiger partial charge < -0.3 is 13.9 Å². The average Bonchev–Trinajstić information content (AvgIpc) is 2.99. The summed E-state index contributed by atoms with van der Waals surface area (Å²) in [6.07, 6.45) is -3.36. The Morgan fingerprint density at radius 1 is 1.25 bits per heavy atom. The first-order valence-corrected chi connectivity index (χ1v) is 8.92. The first kappa shape index (κ1) is 18.5. The Kier molecular flexibility index (Phi) is 4.20. The maximum absolute atomic E-state index is 13.2. The lowest BCUT2D eigenvalue weighted by molar-refractivity contribution is -0.146. The highest BCUT2D eigenvalue weighted by Gasteiger charge is 2.37. The van der Waals surface area contributed by atoms with Crippen molar-refractivity contribution < 1.29 is 22.4 Å². The van der Waals surface area contributed by atoms with Crippen molar-refractivity contribution in [1.82, 2.24) is 14.5 Å². The molecule has 28 heavy (non-hydrogen) atoms. The molecule has 1 aliphatic heterocycles. The summed E-state index contributed by atoms with van der Waals surface area (Å²) < 4.78 is 46.6. The van der Waals surface area contributed by atoms with Crippen LogP contribution in [0.5, 0.6) is 0 Å². The van der Waals surface area contributed by atoms with Crippen LogP contribution in [0, 0.1) is 0 Å². The number of aromatic nitrogens is 2. The van der Waals surface area contributed by atoms with E-state index in [0.29, 0.717) is 31.7 Å². The van der Waals surface area contributed by atoms with Crippen molar-refractivity contribution in [2.45, 2.75) is 31.9 Å². The molecule has 6 nitrogen and oxygen atoms in total. The molecule has 0 aliphatic carbocycles. The lowest BCUT2D eigenvalue weighted by Crippen LogP contribution is -2.36. The number of amides is 1. The number of benzene rings is 1. The normalized spacial score (nSPS) is 16.2. The third-order valence-electron chi connectivity index (χ3n) is 5.36. The third kappa shape index (κ3) is 2.94. The van der Waals surface area contributed by atoms with Crippen LogP contribution in [0.25, 0.3) is 22.0 Å². The van der Waals surface area contributed by atoms with E-state index in [1.54, 1.807) is 4.90 Å². The molecule has 1 aliphatic rings. The number of halogens is 3. The topological polar surface area (TPSA) is 68.3 Å². The molecule has 1 fully saturated rings. The molecule has 0 atom stereocenters. The number of imidazole rings is 1. The molecule has 0 spiro atoms. The van der Waals surface area contributed by atoms with Crippen molar-refractivity contribution in [3.05, 3.63) is 40.0 Å². The van der Waals surface area contributed by atoms with E-state index in [0.717, 1.165) is 4.57 Å². The first-order valence-electron chi connectivity index (χ1n) is 8.92. The number of alkyl halides is 3. The van der Waals surface area contributed by atoms with Crippen LogP contribution in [0.2, 0.25) is 0 Å². The number of aryl methyl sites for hydroxylation is 1. The van der Waals surface area contributed by atoms with Crippen LogP contribution in [-0.2, 0) is 18.0 Å². The van der Waals surface area contributed by atoms with E-state index in [-0.39, 0.29) is 39.3 Å². The fourth-order valence-electron chi connectivity index (χ4n) is 3.82. The Bertz CT molecular complexity index is 1140. The van der Waals surface area contributed by atoms with Crippen molar-refractivity contribution in [2.75, 3.05) is 13.1 Å². The lowest BCUT2D eigenvalue weighted by Gasteiger charge is -2.30. The van der Waals surface area contributed by atoms with Crippen LogP contribution >= 0.6 is 0 Å². The first-order chi connectivity index (χ1) is 13.2. The molecule has 9 heteroatoms. The maximum Gasteiger partial charge on any atom is 0.449 e. The molecule has 3 heterocycles. The number of rotatable bonds is 1. The smallest absolute Gasteiger partial charge is 0.449 e. The molecule has 1 aromatic carbocycles. The third-order valence-corrected chi connectivity index (χ3v) is 5.36. The Morgan fingerprint density at radius 3 is 2.54 bits per heavy atom. The number of hydrogen-bond donors (Lipinski definition) is 0. The summed E-state index contributed by atoms with van der Waals surface area (Å²) in [5, 5.41) is 0.198. The second-order valence-corrected chi connectivity index (χ2v) is 7.10. The van der Waals surface area contributed by atoms with E-state index < -0.39 is 12.0 Å². The van der Waals surface area contributed by atoms with E-state index in [4.69, 9.17) is 4.42 Å². The minimum atomic E-state index is -4.61. The molecule has 0 unspecified atom stereocenters. The predicted molar refractivity (Wildman–Crippen MR) is 96.0 cm³/mol. The monoisotopic (exact) mass is 393 g/mol. The fraction of sp³-hybridized carbons (Fsp3) is 0.421. The highest BCUT2D eigenvalue weighted by Crippen LogP contribution is 2.34. The SMILES string of the molecule is CC(=O)N1CCC(c2cc(=O)c3ccc4c(nc(C(F)(F)F)n4C)c3o2)CC1. The Labute approximate surface area is 157 Å². The molecule has 2 aromatic heterocycles. The molecule has 0 N–H and O–H groups in total. The van der Waals surface area contributed by atoms with Crippen LogP contribution in [0.1, 0.15) is 37.3 Å². The van der Waals surface area contributed by atoms with Crippen molar-refractivity contribution >= 4 is 27.9 Å². The number of piperidine rings is 1. The molecule has 0 radical (unpaired) electrons. The van der Waals surface area contributed by atoms with Gasteiger partial charge in [-0.1, -0.05) is 0 Å². The Hall–Kier alpha value is -2.84. The summed E-state index contributed by atoms with van der Waals surface area (Å²) in [6.45, 7) is 2.61. The van der Waals surface area contributed by atoms with Gasteiger partial charge in [0.1, 0.15) is 11.3 Å². The molecule has 3 aromatic rings. The zero-order valence-corrected chi connectivity index (χ0v) is 15.3. The van der Waals surface area contributed by atoms with E-state index in [2.05, 4.69) is 4.98 Å². The summed E-state index contributed by atoms with van der Waals surface area (Å²) in [5.74, 6) is -0.702. The highest BCUT2D eigenvalue weighted by atomic mass is 19.4. The van der Waals surface area contributed by atoms with Gasteiger partial charge in [-0.15, -0.1) is 0 Å². The van der Waals surface area contributed by atoms with Crippen LogP contribution in [0.3, 0.4) is 0 Å². The summed E-state index contributed by atoms with van der Waals surface area (Å²) in [5.41, 5.74) is 0.0189. The molecule has 148 valence electrons. The van der Waals surface area contributed by atoms with Crippen LogP contribution in [0.4, 0.5) is 13.2 Å². The molecular weight excluding hydrogens is 375 g/mol. The summed E-state index contributed by atoms with van der Waals surface area (Å²) in [6, 6.07) is 4.31. The van der Waals surface area contributed by atoms with Gasteiger partial charge in [-0.05, 0) is 25.0 Å². The molecule has 0 saturated carbocycles. The number of fused-ring (bicyclic) bond motifs is 3. The van der Waals surface area contributed by atoms with E-state index in [9.17, 15) is 22.8 Å². The predicted octanol–water partition coefficient (Wildman–Crippen LogP) is 3.42. The standard InChI is InChI=1S/C19H18F3N3O3/c1-10(26)25-7-5-11(6-8-25)15-9-14(27)12-3-4-13-16(17(12)28-15)23-18(24(13)2)19(20,21)22/h3-4,9,11H,5-8H2,1-2H3. The van der Waals surface area contributed by atoms with Gasteiger partial charge in [0.15, 0.2) is 11.0 Å². The zero-order valence-electron chi connectivity index (χ0n) is 15.3. The van der Waals surface area contributed by atoms with E-state index in [1.807, 2.05) is 0 Å². The van der Waals surface area contributed by atoms with Crippen molar-refractivity contribution in [2.24, 2.45) is 7.05 Å². The molecule has 1 saturated heterocycles. The van der Waals surface area contributed by atoms with Gasteiger partial charge in [0, 0.05) is 39.0 Å². The summed E-state index contributed by atoms with van der Waals surface area (Å²) in [4.78, 5) is 29.5. The van der Waals surface area contributed by atoms with Crippen LogP contribution < -0.4 is 5.43 Å². The van der Waals surface area contributed by atoms with Gasteiger partial charge in [0.2, 0.25) is 11.7 Å². The van der Waals surface area contributed by atoms with Crippen molar-refractivity contribution in [3.63, 3.8) is 0 Å². The van der Waals surface area contributed by atoms with E-state index in [1.165, 1.54) is 32.2 Å². The zero-order chi connectivity index (χ0) is 20.2. The summed E-state index contributed by atoms with van der Waals surface area (Å²) in [7, 11) is 1.28. The molecule has 4 rings (SSSR count). The van der Waals surface area contributed by atoms with Gasteiger partial charge in [0.25, 0.3) is 0 Å². The minimum Gasteiger partial charge on any atom is -0.458 e. The van der Waals surface area contributed by atoms with Crippen molar-refractivity contribution in [1.29, 1.82) is 0 Å². The van der Waals surface area contributed by atoms with E-state index >= 15 is 0 Å². The molecule has 0 bridgehead atoms. The largest absolute Gasteiger partial charge is 0.458 e. The second-order valence-electron chi connectivity index (χ2n) is 7.10. The highest BCUT2D eigenvalue weighted by molar-refractivity contribution is 6.00. The van der Waals surface area contributed by atoms with Gasteiger partial charge in [-0.2, -0.15) is 13.2 Å². The van der Waals surface area contributed by atoms with Gasteiger partial charge in [-0.3, -0.25) is 9.59 Å². The number of likely N-dealkylation sites (tertiary alicyclic amines) is 1. The summed E-state index contributed by atoms with van der Waals surface area (Å²) >= 11 is 0. The van der Waals surface area contributed by atoms with Crippen molar-refractivity contribution in [3.8, 4) is 0 Å². The number of carbonyl (C=O) groups excluding carboxylic acids is 1. The second kappa shape index (κ2) is 6.35. The van der Waals surface area contributed by atoms with Gasteiger partial charge >= 0.3 is 6.18 Å². The van der Waals surface area contributed by atoms with Gasteiger partial charge in [-0.25, -0.2) is 4.98 Å². The van der Waals surface area contributed by atoms with Crippen LogP contribution in [-0.4, -0.2) is 33.4 Å². The Balaban J connectivity index is 1.84. The Morgan fingerprint density at radius 2 is 1.93 bits per heavy atom. The maximum atomic E-state index is 13.2. The average molecular weight is 393 g/mol. The number of hydrogen-bond acceptors (Lipinski definition) is 4. The number of carbonyl (C=O) groups is 1. The minimum absolute atomic E-state index is 0.00621. The van der Waals surface area contributed by atoms with Gasteiger partial charge in [0.05, 0.1) is 10.9 Å². The van der Waals surface area contributed by atoms with Crippen LogP contribution in [0.15, 0.2) is 27.4 Å². The lowest BCUT2D eigenvalue weighted by atomic mass is 9.93. The fourth-order valence-corrected chi connectivity index (χ4v) is 3.82. The molecule has 1 amide bonds. The molecular formula is C19H18F3N3O3. The number of nitrogens with zero attached hydrogens (tertiary/aromatic N) is 3.